The van der Waals surface area contributed by atoms with Gasteiger partial charge in [-0.2, -0.15) is 0 Å². The number of aromatic nitrogens is 1. The minimum absolute atomic E-state index is 0.121. The molecular formula is C19H24ClN3O3. The maximum atomic E-state index is 12.4. The van der Waals surface area contributed by atoms with Gasteiger partial charge in [-0.05, 0) is 38.3 Å². The summed E-state index contributed by atoms with van der Waals surface area (Å²) in [5, 5.41) is 7.51. The number of nitrogens with zero attached hydrogens (tertiary/aromatic N) is 2. The number of benzene rings is 1. The molecule has 1 saturated heterocycles. The van der Waals surface area contributed by atoms with Gasteiger partial charge in [0.1, 0.15) is 5.69 Å². The standard InChI is InChI=1S/C19H24ClN3O3/c1-2-23(13-15-7-5-6-10-25-15)19(24)21-12-14-11-18(26-22-14)16-8-3-4-9-17(16)20/h3-4,8-9,11,15H,2,5-7,10,12-13H2,1H3,(H,21,24). The lowest BCUT2D eigenvalue weighted by Gasteiger charge is -2.29. The quantitative estimate of drug-likeness (QED) is 0.823. The number of halogens is 1. The predicted octanol–water partition coefficient (Wildman–Crippen LogP) is 4.10. The molecule has 1 aliphatic rings. The van der Waals surface area contributed by atoms with E-state index in [-0.39, 0.29) is 12.1 Å². The Kier molecular flexibility index (Phi) is 6.52. The Balaban J connectivity index is 1.54. The minimum Gasteiger partial charge on any atom is -0.376 e. The molecule has 2 aromatic rings. The van der Waals surface area contributed by atoms with Gasteiger partial charge in [-0.1, -0.05) is 28.9 Å². The zero-order valence-electron chi connectivity index (χ0n) is 14.9. The highest BCUT2D eigenvalue weighted by Gasteiger charge is 2.20. The van der Waals surface area contributed by atoms with Gasteiger partial charge in [0.05, 0.1) is 17.7 Å². The van der Waals surface area contributed by atoms with Crippen molar-refractivity contribution in [2.75, 3.05) is 19.7 Å². The normalized spacial score (nSPS) is 17.1. The van der Waals surface area contributed by atoms with Crippen molar-refractivity contribution >= 4 is 17.6 Å². The molecule has 2 amide bonds. The molecular weight excluding hydrogens is 354 g/mol. The lowest BCUT2D eigenvalue weighted by atomic mass is 10.1. The molecule has 0 spiro atoms. The van der Waals surface area contributed by atoms with E-state index in [1.165, 1.54) is 0 Å². The second-order valence-corrected chi connectivity index (χ2v) is 6.76. The Bertz CT molecular complexity index is 728. The fourth-order valence-corrected chi connectivity index (χ4v) is 3.24. The molecule has 140 valence electrons. The SMILES string of the molecule is CCN(CC1CCCCO1)C(=O)NCc1cc(-c2ccccc2Cl)on1. The topological polar surface area (TPSA) is 67.6 Å². The van der Waals surface area contributed by atoms with Crippen LogP contribution in [0.2, 0.25) is 5.02 Å². The maximum absolute atomic E-state index is 12.4. The Morgan fingerprint density at radius 2 is 2.23 bits per heavy atom. The Labute approximate surface area is 158 Å². The van der Waals surface area contributed by atoms with Crippen LogP contribution < -0.4 is 5.32 Å². The third-order valence-electron chi connectivity index (χ3n) is 4.49. The highest BCUT2D eigenvalue weighted by molar-refractivity contribution is 6.33. The van der Waals surface area contributed by atoms with Gasteiger partial charge in [0, 0.05) is 31.3 Å². The predicted molar refractivity (Wildman–Crippen MR) is 100 cm³/mol. The van der Waals surface area contributed by atoms with Crippen molar-refractivity contribution in [3.63, 3.8) is 0 Å². The molecule has 0 radical (unpaired) electrons. The summed E-state index contributed by atoms with van der Waals surface area (Å²) < 4.78 is 11.1. The van der Waals surface area contributed by atoms with Crippen molar-refractivity contribution in [2.24, 2.45) is 0 Å². The molecule has 1 aromatic carbocycles. The van der Waals surface area contributed by atoms with Gasteiger partial charge < -0.3 is 19.5 Å². The zero-order chi connectivity index (χ0) is 18.4. The molecule has 2 heterocycles. The van der Waals surface area contributed by atoms with E-state index < -0.39 is 0 Å². The summed E-state index contributed by atoms with van der Waals surface area (Å²) in [6.07, 6.45) is 3.41. The fourth-order valence-electron chi connectivity index (χ4n) is 3.01. The van der Waals surface area contributed by atoms with Crippen LogP contribution in [0.1, 0.15) is 31.9 Å². The number of rotatable bonds is 6. The molecule has 0 bridgehead atoms. The first-order chi connectivity index (χ1) is 12.7. The van der Waals surface area contributed by atoms with Crippen LogP contribution >= 0.6 is 11.6 Å². The van der Waals surface area contributed by atoms with E-state index in [9.17, 15) is 4.79 Å². The molecule has 1 atom stereocenters. The third kappa shape index (κ3) is 4.77. The summed E-state index contributed by atoms with van der Waals surface area (Å²) in [6, 6.07) is 9.09. The van der Waals surface area contributed by atoms with Gasteiger partial charge in [-0.15, -0.1) is 0 Å². The van der Waals surface area contributed by atoms with E-state index in [0.717, 1.165) is 31.4 Å². The summed E-state index contributed by atoms with van der Waals surface area (Å²) in [5.41, 5.74) is 1.43. The van der Waals surface area contributed by atoms with Crippen molar-refractivity contribution < 1.29 is 14.1 Å². The van der Waals surface area contributed by atoms with E-state index >= 15 is 0 Å². The second-order valence-electron chi connectivity index (χ2n) is 6.35. The molecule has 26 heavy (non-hydrogen) atoms. The van der Waals surface area contributed by atoms with Crippen molar-refractivity contribution in [3.05, 3.63) is 41.0 Å². The Hall–Kier alpha value is -2.05. The van der Waals surface area contributed by atoms with E-state index in [0.29, 0.717) is 36.1 Å². The van der Waals surface area contributed by atoms with E-state index in [1.54, 1.807) is 17.0 Å². The molecule has 6 nitrogen and oxygen atoms in total. The molecule has 1 unspecified atom stereocenters. The smallest absolute Gasteiger partial charge is 0.317 e. The number of likely N-dealkylation sites (N-methyl/N-ethyl adjacent to an activating group) is 1. The summed E-state index contributed by atoms with van der Waals surface area (Å²) in [4.78, 5) is 14.2. The average molecular weight is 378 g/mol. The number of carbonyl (C=O) groups excluding carboxylic acids is 1. The highest BCUT2D eigenvalue weighted by Crippen LogP contribution is 2.27. The van der Waals surface area contributed by atoms with Crippen LogP contribution in [-0.2, 0) is 11.3 Å². The molecule has 3 rings (SSSR count). The van der Waals surface area contributed by atoms with Crippen LogP contribution in [0.5, 0.6) is 0 Å². The van der Waals surface area contributed by atoms with Gasteiger partial charge in [0.25, 0.3) is 0 Å². The fraction of sp³-hybridized carbons (Fsp3) is 0.474. The number of amides is 2. The number of ether oxygens (including phenoxy) is 1. The van der Waals surface area contributed by atoms with Gasteiger partial charge >= 0.3 is 6.03 Å². The summed E-state index contributed by atoms with van der Waals surface area (Å²) in [5.74, 6) is 0.586. The first kappa shape index (κ1) is 18.7. The number of urea groups is 1. The molecule has 0 aliphatic carbocycles. The lowest BCUT2D eigenvalue weighted by molar-refractivity contribution is 0.00131. The molecule has 7 heteroatoms. The summed E-state index contributed by atoms with van der Waals surface area (Å²) in [7, 11) is 0. The summed E-state index contributed by atoms with van der Waals surface area (Å²) in [6.45, 7) is 4.30. The van der Waals surface area contributed by atoms with E-state index in [4.69, 9.17) is 20.9 Å². The zero-order valence-corrected chi connectivity index (χ0v) is 15.7. The maximum Gasteiger partial charge on any atom is 0.317 e. The lowest BCUT2D eigenvalue weighted by Crippen LogP contribution is -2.44. The first-order valence-electron chi connectivity index (χ1n) is 9.02. The first-order valence-corrected chi connectivity index (χ1v) is 9.40. The Morgan fingerprint density at radius 1 is 1.38 bits per heavy atom. The van der Waals surface area contributed by atoms with Crippen molar-refractivity contribution in [1.82, 2.24) is 15.4 Å². The number of carbonyl (C=O) groups is 1. The summed E-state index contributed by atoms with van der Waals surface area (Å²) >= 11 is 6.17. The molecule has 1 N–H and O–H groups in total. The van der Waals surface area contributed by atoms with Crippen LogP contribution in [0.4, 0.5) is 4.79 Å². The van der Waals surface area contributed by atoms with E-state index in [1.807, 2.05) is 25.1 Å². The van der Waals surface area contributed by atoms with Crippen LogP contribution in [-0.4, -0.2) is 41.9 Å². The van der Waals surface area contributed by atoms with Crippen LogP contribution in [0, 0.1) is 0 Å². The molecule has 1 fully saturated rings. The van der Waals surface area contributed by atoms with Gasteiger partial charge in [0.2, 0.25) is 0 Å². The van der Waals surface area contributed by atoms with E-state index in [2.05, 4.69) is 10.5 Å². The van der Waals surface area contributed by atoms with Crippen molar-refractivity contribution in [2.45, 2.75) is 38.8 Å². The molecule has 1 aromatic heterocycles. The largest absolute Gasteiger partial charge is 0.376 e. The van der Waals surface area contributed by atoms with Crippen molar-refractivity contribution in [3.8, 4) is 11.3 Å². The van der Waals surface area contributed by atoms with Crippen LogP contribution in [0.15, 0.2) is 34.9 Å². The highest BCUT2D eigenvalue weighted by atomic mass is 35.5. The van der Waals surface area contributed by atoms with Crippen molar-refractivity contribution in [1.29, 1.82) is 0 Å². The average Bonchev–Trinajstić information content (AvgIpc) is 3.14. The number of hydrogen-bond acceptors (Lipinski definition) is 4. The Morgan fingerprint density at radius 3 is 2.96 bits per heavy atom. The van der Waals surface area contributed by atoms with Gasteiger partial charge in [0.15, 0.2) is 5.76 Å². The van der Waals surface area contributed by atoms with Gasteiger partial charge in [-0.3, -0.25) is 0 Å². The van der Waals surface area contributed by atoms with Crippen LogP contribution in [0.25, 0.3) is 11.3 Å². The second kappa shape index (κ2) is 9.05. The molecule has 1 aliphatic heterocycles. The van der Waals surface area contributed by atoms with Crippen LogP contribution in [0.3, 0.4) is 0 Å². The van der Waals surface area contributed by atoms with Gasteiger partial charge in [-0.25, -0.2) is 4.79 Å². The third-order valence-corrected chi connectivity index (χ3v) is 4.82. The number of nitrogens with one attached hydrogen (secondary N) is 1. The number of hydrogen-bond donors (Lipinski definition) is 1. The minimum atomic E-state index is -0.121. The monoisotopic (exact) mass is 377 g/mol. The molecule has 0 saturated carbocycles.